The molecule has 1 aliphatic rings. The van der Waals surface area contributed by atoms with E-state index < -0.39 is 10.0 Å². The zero-order chi connectivity index (χ0) is 14.0. The van der Waals surface area contributed by atoms with Gasteiger partial charge in [-0.25, -0.2) is 8.42 Å². The van der Waals surface area contributed by atoms with E-state index in [0.29, 0.717) is 35.7 Å². The number of nitrogens with zero attached hydrogens (tertiary/aromatic N) is 1. The van der Waals surface area contributed by atoms with Crippen LogP contribution < -0.4 is 10.1 Å². The smallest absolute Gasteiger partial charge is 0.246 e. The third-order valence-corrected chi connectivity index (χ3v) is 5.58. The first-order chi connectivity index (χ1) is 8.96. The maximum atomic E-state index is 12.6. The van der Waals surface area contributed by atoms with Crippen LogP contribution in [-0.2, 0) is 10.0 Å². The number of nitrogens with one attached hydrogen (secondary N) is 1. The normalized spacial score (nSPS) is 16.6. The Hall–Kier alpha value is -0.0500. The summed E-state index contributed by atoms with van der Waals surface area (Å²) in [5.41, 5.74) is 0. The molecule has 1 aromatic carbocycles. The fourth-order valence-corrected chi connectivity index (χ4v) is 4.76. The number of piperazine rings is 1. The molecule has 5 nitrogen and oxygen atoms in total. The Morgan fingerprint density at radius 3 is 2.50 bits per heavy atom. The molecule has 0 spiro atoms. The molecule has 0 aliphatic carbocycles. The van der Waals surface area contributed by atoms with Crippen molar-refractivity contribution in [1.29, 1.82) is 0 Å². The van der Waals surface area contributed by atoms with Gasteiger partial charge in [0.1, 0.15) is 4.90 Å². The van der Waals surface area contributed by atoms with Gasteiger partial charge in [0.2, 0.25) is 10.0 Å². The van der Waals surface area contributed by atoms with Crippen molar-refractivity contribution in [1.82, 2.24) is 9.62 Å². The van der Waals surface area contributed by atoms with Gasteiger partial charge in [-0.2, -0.15) is 4.31 Å². The molecule has 0 unspecified atom stereocenters. The molecule has 1 aromatic rings. The van der Waals surface area contributed by atoms with Gasteiger partial charge >= 0.3 is 0 Å². The second-order valence-corrected chi connectivity index (χ2v) is 7.27. The van der Waals surface area contributed by atoms with E-state index in [1.165, 1.54) is 17.5 Å². The lowest BCUT2D eigenvalue weighted by molar-refractivity contribution is 0.354. The van der Waals surface area contributed by atoms with Gasteiger partial charge in [0.25, 0.3) is 0 Å². The molecule has 1 N–H and O–H groups in total. The number of rotatable bonds is 3. The molecule has 0 aromatic heterocycles. The monoisotopic (exact) mass is 404 g/mol. The summed E-state index contributed by atoms with van der Waals surface area (Å²) >= 11 is 9.21. The van der Waals surface area contributed by atoms with Crippen LogP contribution >= 0.6 is 39.9 Å². The minimum absolute atomic E-state index is 0. The highest BCUT2D eigenvalue weighted by molar-refractivity contribution is 9.10. The Kier molecular flexibility index (Phi) is 6.56. The number of halogens is 3. The number of ether oxygens (including phenoxy) is 1. The van der Waals surface area contributed by atoms with Gasteiger partial charge in [0.15, 0.2) is 5.75 Å². The number of methoxy groups -OCH3 is 1. The molecule has 1 heterocycles. The van der Waals surface area contributed by atoms with Gasteiger partial charge < -0.3 is 10.1 Å². The van der Waals surface area contributed by atoms with Crippen molar-refractivity contribution in [3.05, 3.63) is 21.6 Å². The summed E-state index contributed by atoms with van der Waals surface area (Å²) in [6.45, 7) is 2.16. The highest BCUT2D eigenvalue weighted by Crippen LogP contribution is 2.36. The SMILES string of the molecule is COc1c(Br)cc(Cl)cc1S(=O)(=O)N1CCNCC1.Cl. The Labute approximate surface area is 138 Å². The summed E-state index contributed by atoms with van der Waals surface area (Å²) in [5.74, 6) is 0.280. The summed E-state index contributed by atoms with van der Waals surface area (Å²) in [6, 6.07) is 3.03. The fourth-order valence-electron chi connectivity index (χ4n) is 1.95. The number of benzene rings is 1. The van der Waals surface area contributed by atoms with Crippen molar-refractivity contribution in [3.63, 3.8) is 0 Å². The van der Waals surface area contributed by atoms with Gasteiger partial charge in [-0.3, -0.25) is 0 Å². The highest BCUT2D eigenvalue weighted by Gasteiger charge is 2.30. The van der Waals surface area contributed by atoms with Crippen LogP contribution in [-0.4, -0.2) is 46.0 Å². The predicted molar refractivity (Wildman–Crippen MR) is 84.6 cm³/mol. The number of sulfonamides is 1. The van der Waals surface area contributed by atoms with E-state index in [1.807, 2.05) is 0 Å². The molecular formula is C11H15BrCl2N2O3S. The molecule has 1 fully saturated rings. The van der Waals surface area contributed by atoms with Gasteiger partial charge in [0, 0.05) is 31.2 Å². The minimum Gasteiger partial charge on any atom is -0.494 e. The average molecular weight is 406 g/mol. The Morgan fingerprint density at radius 1 is 1.35 bits per heavy atom. The molecule has 20 heavy (non-hydrogen) atoms. The van der Waals surface area contributed by atoms with Crippen LogP contribution in [0.3, 0.4) is 0 Å². The molecule has 114 valence electrons. The van der Waals surface area contributed by atoms with Crippen LogP contribution in [0.25, 0.3) is 0 Å². The summed E-state index contributed by atoms with van der Waals surface area (Å²) in [6.07, 6.45) is 0. The molecule has 0 radical (unpaired) electrons. The number of hydrogen-bond acceptors (Lipinski definition) is 4. The summed E-state index contributed by atoms with van der Waals surface area (Å²) in [4.78, 5) is 0.0938. The molecule has 2 rings (SSSR count). The molecule has 0 bridgehead atoms. The van der Waals surface area contributed by atoms with Gasteiger partial charge in [-0.05, 0) is 28.1 Å². The highest BCUT2D eigenvalue weighted by atomic mass is 79.9. The Morgan fingerprint density at radius 2 is 1.95 bits per heavy atom. The molecule has 9 heteroatoms. The van der Waals surface area contributed by atoms with Crippen molar-refractivity contribution in [3.8, 4) is 5.75 Å². The zero-order valence-corrected chi connectivity index (χ0v) is 14.7. The van der Waals surface area contributed by atoms with Crippen molar-refractivity contribution in [2.45, 2.75) is 4.90 Å². The van der Waals surface area contributed by atoms with Crippen LogP contribution in [0.5, 0.6) is 5.75 Å². The molecule has 1 saturated heterocycles. The van der Waals surface area contributed by atoms with Crippen molar-refractivity contribution < 1.29 is 13.2 Å². The third kappa shape index (κ3) is 3.58. The van der Waals surface area contributed by atoms with Crippen LogP contribution in [0.4, 0.5) is 0 Å². The summed E-state index contributed by atoms with van der Waals surface area (Å²) in [5, 5.41) is 3.47. The molecular weight excluding hydrogens is 391 g/mol. The van der Waals surface area contributed by atoms with E-state index >= 15 is 0 Å². The fraction of sp³-hybridized carbons (Fsp3) is 0.455. The molecule has 0 saturated carbocycles. The second-order valence-electron chi connectivity index (χ2n) is 4.07. The largest absolute Gasteiger partial charge is 0.494 e. The van der Waals surface area contributed by atoms with Gasteiger partial charge in [0.05, 0.1) is 11.6 Å². The van der Waals surface area contributed by atoms with E-state index in [9.17, 15) is 8.42 Å². The summed E-state index contributed by atoms with van der Waals surface area (Å²) in [7, 11) is -2.16. The Balaban J connectivity index is 0.00000200. The van der Waals surface area contributed by atoms with Crippen molar-refractivity contribution in [2.75, 3.05) is 33.3 Å². The van der Waals surface area contributed by atoms with Gasteiger partial charge in [-0.15, -0.1) is 12.4 Å². The lowest BCUT2D eigenvalue weighted by Crippen LogP contribution is -2.46. The molecule has 1 aliphatic heterocycles. The van der Waals surface area contributed by atoms with Gasteiger partial charge in [-0.1, -0.05) is 11.6 Å². The van der Waals surface area contributed by atoms with E-state index in [0.717, 1.165) is 0 Å². The lowest BCUT2D eigenvalue weighted by atomic mass is 10.3. The van der Waals surface area contributed by atoms with E-state index in [4.69, 9.17) is 16.3 Å². The topological polar surface area (TPSA) is 58.6 Å². The third-order valence-electron chi connectivity index (χ3n) is 2.87. The molecule has 0 atom stereocenters. The first-order valence-corrected chi connectivity index (χ1v) is 8.32. The maximum absolute atomic E-state index is 12.6. The van der Waals surface area contributed by atoms with Crippen molar-refractivity contribution >= 4 is 50.0 Å². The second kappa shape index (κ2) is 7.29. The standard InChI is InChI=1S/C11H14BrClN2O3S.ClH/c1-18-11-9(12)6-8(13)7-10(11)19(16,17)15-4-2-14-3-5-15;/h6-7,14H,2-5H2,1H3;1H. The number of hydrogen-bond donors (Lipinski definition) is 1. The zero-order valence-electron chi connectivity index (χ0n) is 10.7. The van der Waals surface area contributed by atoms with Crippen LogP contribution in [0.15, 0.2) is 21.5 Å². The van der Waals surface area contributed by atoms with E-state index in [2.05, 4.69) is 21.2 Å². The van der Waals surface area contributed by atoms with E-state index in [1.54, 1.807) is 6.07 Å². The van der Waals surface area contributed by atoms with Crippen LogP contribution in [0.2, 0.25) is 5.02 Å². The van der Waals surface area contributed by atoms with Crippen molar-refractivity contribution in [2.24, 2.45) is 0 Å². The average Bonchev–Trinajstić information content (AvgIpc) is 2.39. The predicted octanol–water partition coefficient (Wildman–Crippen LogP) is 2.13. The van der Waals surface area contributed by atoms with E-state index in [-0.39, 0.29) is 23.1 Å². The Bertz CT molecular complexity index is 577. The first kappa shape index (κ1) is 18.0. The maximum Gasteiger partial charge on any atom is 0.246 e. The van der Waals surface area contributed by atoms with Crippen LogP contribution in [0.1, 0.15) is 0 Å². The van der Waals surface area contributed by atoms with Crippen LogP contribution in [0, 0.1) is 0 Å². The minimum atomic E-state index is -3.60. The lowest BCUT2D eigenvalue weighted by Gasteiger charge is -2.27. The summed E-state index contributed by atoms with van der Waals surface area (Å²) < 4.78 is 32.4. The first-order valence-electron chi connectivity index (χ1n) is 5.70. The quantitative estimate of drug-likeness (QED) is 0.836. The molecule has 0 amide bonds.